The smallest absolute Gasteiger partial charge is 0.152 e. The molecule has 0 aromatic carbocycles. The van der Waals surface area contributed by atoms with Crippen LogP contribution in [-0.4, -0.2) is 42.0 Å². The minimum absolute atomic E-state index is 0.227. The maximum Gasteiger partial charge on any atom is 0.152 e. The number of likely N-dealkylation sites (tertiary alicyclic amines) is 1. The van der Waals surface area contributed by atoms with Crippen LogP contribution < -0.4 is 0 Å². The number of hydrogen-bond acceptors (Lipinski definition) is 3. The summed E-state index contributed by atoms with van der Waals surface area (Å²) < 4.78 is 5.61. The molecular formula is C15H27NO2. The second-order valence-electron chi connectivity index (χ2n) is 5.92. The molecule has 3 nitrogen and oxygen atoms in total. The average molecular weight is 253 g/mol. The van der Waals surface area contributed by atoms with Gasteiger partial charge in [0.15, 0.2) is 5.78 Å². The number of carbonyl (C=O) groups excluding carboxylic acids is 1. The van der Waals surface area contributed by atoms with Gasteiger partial charge in [0.25, 0.3) is 0 Å². The SMILES string of the molecule is CCC(C)(C(=O)CCC1CCCO1)N1CCCC1. The van der Waals surface area contributed by atoms with Crippen molar-refractivity contribution >= 4 is 5.78 Å². The first-order chi connectivity index (χ1) is 8.66. The van der Waals surface area contributed by atoms with E-state index < -0.39 is 0 Å². The number of carbonyl (C=O) groups is 1. The molecular weight excluding hydrogens is 226 g/mol. The van der Waals surface area contributed by atoms with Gasteiger partial charge < -0.3 is 4.74 Å². The Morgan fingerprint density at radius 1 is 1.33 bits per heavy atom. The van der Waals surface area contributed by atoms with E-state index in [1.165, 1.54) is 12.8 Å². The Labute approximate surface area is 111 Å². The van der Waals surface area contributed by atoms with E-state index in [0.717, 1.165) is 45.4 Å². The first-order valence-corrected chi connectivity index (χ1v) is 7.57. The summed E-state index contributed by atoms with van der Waals surface area (Å²) >= 11 is 0. The number of nitrogens with zero attached hydrogens (tertiary/aromatic N) is 1. The summed E-state index contributed by atoms with van der Waals surface area (Å²) in [6.45, 7) is 7.35. The van der Waals surface area contributed by atoms with Gasteiger partial charge >= 0.3 is 0 Å². The summed E-state index contributed by atoms with van der Waals surface area (Å²) in [5.74, 6) is 0.419. The van der Waals surface area contributed by atoms with Crippen molar-refractivity contribution in [1.82, 2.24) is 4.90 Å². The summed E-state index contributed by atoms with van der Waals surface area (Å²) in [6.07, 6.45) is 7.66. The van der Waals surface area contributed by atoms with Crippen LogP contribution in [0, 0.1) is 0 Å². The molecule has 2 rings (SSSR count). The highest BCUT2D eigenvalue weighted by Crippen LogP contribution is 2.28. The van der Waals surface area contributed by atoms with Gasteiger partial charge in [0, 0.05) is 13.0 Å². The minimum atomic E-state index is -0.227. The third-order valence-electron chi connectivity index (χ3n) is 4.81. The topological polar surface area (TPSA) is 29.5 Å². The zero-order valence-electron chi connectivity index (χ0n) is 11.9. The molecule has 2 fully saturated rings. The standard InChI is InChI=1S/C15H27NO2/c1-3-15(2,16-10-4-5-11-16)14(17)9-8-13-7-6-12-18-13/h13H,3-12H2,1-2H3. The summed E-state index contributed by atoms with van der Waals surface area (Å²) in [5.41, 5.74) is -0.227. The molecule has 0 aromatic rings. The molecule has 104 valence electrons. The highest BCUT2D eigenvalue weighted by molar-refractivity contribution is 5.88. The Balaban J connectivity index is 1.87. The summed E-state index contributed by atoms with van der Waals surface area (Å²) in [5, 5.41) is 0. The normalized spacial score (nSPS) is 28.4. The highest BCUT2D eigenvalue weighted by Gasteiger charge is 2.38. The molecule has 2 atom stereocenters. The van der Waals surface area contributed by atoms with E-state index in [0.29, 0.717) is 18.3 Å². The predicted molar refractivity (Wildman–Crippen MR) is 72.7 cm³/mol. The minimum Gasteiger partial charge on any atom is -0.378 e. The van der Waals surface area contributed by atoms with Crippen LogP contribution in [0.5, 0.6) is 0 Å². The van der Waals surface area contributed by atoms with Gasteiger partial charge in [0.2, 0.25) is 0 Å². The van der Waals surface area contributed by atoms with E-state index >= 15 is 0 Å². The lowest BCUT2D eigenvalue weighted by atomic mass is 9.88. The fourth-order valence-corrected chi connectivity index (χ4v) is 3.24. The molecule has 18 heavy (non-hydrogen) atoms. The van der Waals surface area contributed by atoms with E-state index in [-0.39, 0.29) is 5.54 Å². The molecule has 0 spiro atoms. The Hall–Kier alpha value is -0.410. The molecule has 0 bridgehead atoms. The third-order valence-corrected chi connectivity index (χ3v) is 4.81. The molecule has 0 saturated carbocycles. The largest absolute Gasteiger partial charge is 0.378 e. The monoisotopic (exact) mass is 253 g/mol. The van der Waals surface area contributed by atoms with Gasteiger partial charge in [-0.2, -0.15) is 0 Å². The first kappa shape index (κ1) is 14.0. The van der Waals surface area contributed by atoms with E-state index in [2.05, 4.69) is 18.7 Å². The van der Waals surface area contributed by atoms with Crippen LogP contribution in [0.3, 0.4) is 0 Å². The van der Waals surface area contributed by atoms with Gasteiger partial charge in [0.05, 0.1) is 11.6 Å². The van der Waals surface area contributed by atoms with Crippen LogP contribution in [0.2, 0.25) is 0 Å². The van der Waals surface area contributed by atoms with E-state index in [1.807, 2.05) is 0 Å². The third kappa shape index (κ3) is 2.94. The quantitative estimate of drug-likeness (QED) is 0.729. The first-order valence-electron chi connectivity index (χ1n) is 7.57. The predicted octanol–water partition coefficient (Wildman–Crippen LogP) is 2.78. The van der Waals surface area contributed by atoms with Crippen molar-refractivity contribution in [1.29, 1.82) is 0 Å². The number of hydrogen-bond donors (Lipinski definition) is 0. The molecule has 2 unspecified atom stereocenters. The van der Waals surface area contributed by atoms with Crippen molar-refractivity contribution in [3.63, 3.8) is 0 Å². The Bertz CT molecular complexity index is 280. The zero-order valence-corrected chi connectivity index (χ0v) is 11.9. The van der Waals surface area contributed by atoms with Crippen molar-refractivity contribution in [2.45, 2.75) is 70.4 Å². The van der Waals surface area contributed by atoms with Crippen LogP contribution in [0.25, 0.3) is 0 Å². The zero-order chi connectivity index (χ0) is 13.0. The fraction of sp³-hybridized carbons (Fsp3) is 0.933. The van der Waals surface area contributed by atoms with Crippen molar-refractivity contribution < 1.29 is 9.53 Å². The van der Waals surface area contributed by atoms with Gasteiger partial charge in [-0.25, -0.2) is 0 Å². The average Bonchev–Trinajstić information content (AvgIpc) is 3.07. The van der Waals surface area contributed by atoms with Crippen molar-refractivity contribution in [2.24, 2.45) is 0 Å². The highest BCUT2D eigenvalue weighted by atomic mass is 16.5. The molecule has 2 heterocycles. The van der Waals surface area contributed by atoms with Gasteiger partial charge in [-0.1, -0.05) is 6.92 Å². The molecule has 0 radical (unpaired) electrons. The van der Waals surface area contributed by atoms with Crippen LogP contribution in [-0.2, 0) is 9.53 Å². The molecule has 0 amide bonds. The molecule has 2 aliphatic rings. The van der Waals surface area contributed by atoms with Gasteiger partial charge in [-0.15, -0.1) is 0 Å². The van der Waals surface area contributed by atoms with Gasteiger partial charge in [-0.3, -0.25) is 9.69 Å². The second kappa shape index (κ2) is 6.16. The maximum atomic E-state index is 12.5. The lowest BCUT2D eigenvalue weighted by molar-refractivity contribution is -0.130. The number of rotatable bonds is 6. The molecule has 2 aliphatic heterocycles. The molecule has 0 aliphatic carbocycles. The maximum absolute atomic E-state index is 12.5. The summed E-state index contributed by atoms with van der Waals surface area (Å²) in [6, 6.07) is 0. The van der Waals surface area contributed by atoms with Gasteiger partial charge in [-0.05, 0) is 58.5 Å². The van der Waals surface area contributed by atoms with Crippen LogP contribution in [0.4, 0.5) is 0 Å². The second-order valence-corrected chi connectivity index (χ2v) is 5.92. The number of Topliss-reactive ketones (excluding diaryl/α,β-unsaturated/α-hetero) is 1. The molecule has 0 aromatic heterocycles. The van der Waals surface area contributed by atoms with Crippen LogP contribution >= 0.6 is 0 Å². The fourth-order valence-electron chi connectivity index (χ4n) is 3.24. The van der Waals surface area contributed by atoms with Crippen molar-refractivity contribution in [2.75, 3.05) is 19.7 Å². The Kier molecular flexibility index (Phi) is 4.79. The van der Waals surface area contributed by atoms with E-state index in [1.54, 1.807) is 0 Å². The summed E-state index contributed by atoms with van der Waals surface area (Å²) in [4.78, 5) is 14.9. The molecule has 0 N–H and O–H groups in total. The van der Waals surface area contributed by atoms with Crippen LogP contribution in [0.1, 0.15) is 58.8 Å². The number of ether oxygens (including phenoxy) is 1. The molecule has 3 heteroatoms. The summed E-state index contributed by atoms with van der Waals surface area (Å²) in [7, 11) is 0. The van der Waals surface area contributed by atoms with E-state index in [9.17, 15) is 4.79 Å². The molecule has 2 saturated heterocycles. The van der Waals surface area contributed by atoms with Crippen molar-refractivity contribution in [3.05, 3.63) is 0 Å². The van der Waals surface area contributed by atoms with Crippen molar-refractivity contribution in [3.8, 4) is 0 Å². The lowest BCUT2D eigenvalue weighted by Gasteiger charge is -2.37. The lowest BCUT2D eigenvalue weighted by Crippen LogP contribution is -2.50. The van der Waals surface area contributed by atoms with Gasteiger partial charge in [0.1, 0.15) is 0 Å². The Morgan fingerprint density at radius 2 is 2.06 bits per heavy atom. The van der Waals surface area contributed by atoms with Crippen LogP contribution in [0.15, 0.2) is 0 Å². The van der Waals surface area contributed by atoms with E-state index in [4.69, 9.17) is 4.74 Å². The number of ketones is 1. The Morgan fingerprint density at radius 3 is 2.61 bits per heavy atom.